The summed E-state index contributed by atoms with van der Waals surface area (Å²) in [4.78, 5) is 19.5. The van der Waals surface area contributed by atoms with Gasteiger partial charge >= 0.3 is 0 Å². The number of fused-ring (bicyclic) bond motifs is 2. The van der Waals surface area contributed by atoms with Crippen molar-refractivity contribution in [2.45, 2.75) is 38.7 Å². The lowest BCUT2D eigenvalue weighted by molar-refractivity contribution is -0.0938. The van der Waals surface area contributed by atoms with Crippen molar-refractivity contribution in [3.63, 3.8) is 0 Å². The van der Waals surface area contributed by atoms with E-state index in [-0.39, 0.29) is 11.5 Å². The molecule has 3 aliphatic heterocycles. The topological polar surface area (TPSA) is 42.0 Å². The largest absolute Gasteiger partial charge is 0.378 e. The lowest BCUT2D eigenvalue weighted by Gasteiger charge is -2.43. The smallest absolute Gasteiger partial charge is 0.264 e. The summed E-state index contributed by atoms with van der Waals surface area (Å²) in [7, 11) is 0. The van der Waals surface area contributed by atoms with Gasteiger partial charge in [-0.15, -0.1) is 11.3 Å². The number of morpholine rings is 1. The van der Waals surface area contributed by atoms with Gasteiger partial charge in [-0.25, -0.2) is 0 Å². The molecule has 1 amide bonds. The molecule has 4 rings (SSSR count). The minimum Gasteiger partial charge on any atom is -0.378 e. The summed E-state index contributed by atoms with van der Waals surface area (Å²) in [5.41, 5.74) is 2.53. The van der Waals surface area contributed by atoms with Crippen molar-refractivity contribution >= 4 is 17.2 Å². The first kappa shape index (κ1) is 19.1. The average molecular weight is 391 g/mol. The number of likely N-dealkylation sites (tertiary alicyclic amines) is 1. The first-order valence-corrected chi connectivity index (χ1v) is 10.9. The maximum Gasteiger partial charge on any atom is 0.264 e. The SMILES string of the molecule is CC(C)=CCN1CCC2(CC1)OCCc1cc(C(=O)N3CCOCC3)sc12. The van der Waals surface area contributed by atoms with E-state index in [2.05, 4.69) is 30.9 Å². The molecular formula is C21H30N2O3S. The highest BCUT2D eigenvalue weighted by molar-refractivity contribution is 7.14. The Hall–Kier alpha value is -1.21. The molecular weight excluding hydrogens is 360 g/mol. The Morgan fingerprint density at radius 3 is 2.63 bits per heavy atom. The number of hydrogen-bond donors (Lipinski definition) is 0. The van der Waals surface area contributed by atoms with Crippen molar-refractivity contribution < 1.29 is 14.3 Å². The Bertz CT molecular complexity index is 709. The molecule has 2 saturated heterocycles. The van der Waals surface area contributed by atoms with Crippen LogP contribution in [0.1, 0.15) is 46.8 Å². The average Bonchev–Trinajstić information content (AvgIpc) is 3.14. The molecule has 0 aliphatic carbocycles. The summed E-state index contributed by atoms with van der Waals surface area (Å²) < 4.78 is 11.8. The zero-order valence-corrected chi connectivity index (χ0v) is 17.3. The van der Waals surface area contributed by atoms with Crippen LogP contribution in [0.3, 0.4) is 0 Å². The second kappa shape index (κ2) is 8.03. The fourth-order valence-corrected chi connectivity index (χ4v) is 5.61. The van der Waals surface area contributed by atoms with Crippen molar-refractivity contribution in [2.24, 2.45) is 0 Å². The number of carbonyl (C=O) groups excluding carboxylic acids is 1. The zero-order chi connectivity index (χ0) is 18.9. The van der Waals surface area contributed by atoms with Crippen LogP contribution in [0.5, 0.6) is 0 Å². The van der Waals surface area contributed by atoms with Crippen molar-refractivity contribution in [2.75, 3.05) is 52.5 Å². The van der Waals surface area contributed by atoms with E-state index in [9.17, 15) is 4.79 Å². The number of thiophene rings is 1. The lowest BCUT2D eigenvalue weighted by atomic mass is 9.85. The van der Waals surface area contributed by atoms with Gasteiger partial charge in [0, 0.05) is 37.6 Å². The van der Waals surface area contributed by atoms with E-state index < -0.39 is 0 Å². The molecule has 5 nitrogen and oxygen atoms in total. The predicted molar refractivity (Wildman–Crippen MR) is 107 cm³/mol. The predicted octanol–water partition coefficient (Wildman–Crippen LogP) is 3.05. The highest BCUT2D eigenvalue weighted by Gasteiger charge is 2.42. The Kier molecular flexibility index (Phi) is 5.69. The maximum absolute atomic E-state index is 12.9. The van der Waals surface area contributed by atoms with E-state index in [0.29, 0.717) is 26.3 Å². The molecule has 148 valence electrons. The summed E-state index contributed by atoms with van der Waals surface area (Å²) in [6.07, 6.45) is 5.26. The number of hydrogen-bond acceptors (Lipinski definition) is 5. The standard InChI is InChI=1S/C21H30N2O3S/c1-16(2)3-7-22-8-5-21(6-9-22)19-17(4-12-26-21)15-18(27-19)20(24)23-10-13-25-14-11-23/h3,15H,4-14H2,1-2H3. The second-order valence-electron chi connectivity index (χ2n) is 8.04. The summed E-state index contributed by atoms with van der Waals surface area (Å²) >= 11 is 1.67. The molecule has 0 unspecified atom stereocenters. The molecule has 2 fully saturated rings. The molecule has 0 bridgehead atoms. The van der Waals surface area contributed by atoms with Crippen molar-refractivity contribution in [1.82, 2.24) is 9.80 Å². The first-order chi connectivity index (χ1) is 13.1. The normalized spacial score (nSPS) is 22.5. The molecule has 3 aliphatic rings. The van der Waals surface area contributed by atoms with Crippen molar-refractivity contribution in [1.29, 1.82) is 0 Å². The summed E-state index contributed by atoms with van der Waals surface area (Å²) in [6, 6.07) is 2.14. The third kappa shape index (κ3) is 3.99. The molecule has 6 heteroatoms. The molecule has 0 atom stereocenters. The van der Waals surface area contributed by atoms with E-state index in [1.54, 1.807) is 11.3 Å². The summed E-state index contributed by atoms with van der Waals surface area (Å²) in [6.45, 7) is 10.9. The number of amides is 1. The Balaban J connectivity index is 1.49. The fourth-order valence-electron chi connectivity index (χ4n) is 4.23. The highest BCUT2D eigenvalue weighted by Crippen LogP contribution is 2.45. The lowest BCUT2D eigenvalue weighted by Crippen LogP contribution is -2.46. The van der Waals surface area contributed by atoms with Crippen LogP contribution in [0.4, 0.5) is 0 Å². The van der Waals surface area contributed by atoms with E-state index in [4.69, 9.17) is 9.47 Å². The van der Waals surface area contributed by atoms with Gasteiger partial charge in [-0.1, -0.05) is 11.6 Å². The first-order valence-electron chi connectivity index (χ1n) is 10.1. The molecule has 0 radical (unpaired) electrons. The van der Waals surface area contributed by atoms with E-state index in [1.165, 1.54) is 16.0 Å². The Labute approximate surface area is 165 Å². The quantitative estimate of drug-likeness (QED) is 0.744. The Morgan fingerprint density at radius 1 is 1.19 bits per heavy atom. The van der Waals surface area contributed by atoms with E-state index in [1.807, 2.05) is 4.90 Å². The fraction of sp³-hybridized carbons (Fsp3) is 0.667. The van der Waals surface area contributed by atoms with Gasteiger partial charge in [-0.05, 0) is 44.7 Å². The number of rotatable bonds is 3. The summed E-state index contributed by atoms with van der Waals surface area (Å²) in [5.74, 6) is 0.161. The molecule has 0 N–H and O–H groups in total. The molecule has 0 aromatic carbocycles. The van der Waals surface area contributed by atoms with Crippen LogP contribution in [-0.4, -0.2) is 68.3 Å². The second-order valence-corrected chi connectivity index (χ2v) is 9.10. The van der Waals surface area contributed by atoms with Gasteiger partial charge in [0.2, 0.25) is 0 Å². The molecule has 1 aromatic heterocycles. The molecule has 1 aromatic rings. The monoisotopic (exact) mass is 390 g/mol. The van der Waals surface area contributed by atoms with Gasteiger partial charge in [0.05, 0.1) is 24.7 Å². The maximum atomic E-state index is 12.9. The van der Waals surface area contributed by atoms with Crippen LogP contribution >= 0.6 is 11.3 Å². The minimum atomic E-state index is -0.177. The number of piperidine rings is 1. The van der Waals surface area contributed by atoms with Gasteiger partial charge in [0.25, 0.3) is 5.91 Å². The van der Waals surface area contributed by atoms with Gasteiger partial charge in [-0.3, -0.25) is 9.69 Å². The molecule has 27 heavy (non-hydrogen) atoms. The zero-order valence-electron chi connectivity index (χ0n) is 16.5. The molecule has 0 saturated carbocycles. The van der Waals surface area contributed by atoms with E-state index >= 15 is 0 Å². The van der Waals surface area contributed by atoms with Crippen LogP contribution in [0, 0.1) is 0 Å². The minimum absolute atomic E-state index is 0.161. The Morgan fingerprint density at radius 2 is 1.93 bits per heavy atom. The van der Waals surface area contributed by atoms with Crippen LogP contribution in [0.2, 0.25) is 0 Å². The van der Waals surface area contributed by atoms with Crippen LogP contribution in [-0.2, 0) is 21.5 Å². The third-order valence-corrected chi connectivity index (χ3v) is 7.25. The number of carbonyl (C=O) groups is 1. The van der Waals surface area contributed by atoms with Gasteiger partial charge in [0.1, 0.15) is 5.60 Å². The van der Waals surface area contributed by atoms with Gasteiger partial charge < -0.3 is 14.4 Å². The van der Waals surface area contributed by atoms with Crippen LogP contribution in [0.25, 0.3) is 0 Å². The molecule has 1 spiro atoms. The third-order valence-electron chi connectivity index (χ3n) is 5.90. The van der Waals surface area contributed by atoms with Crippen molar-refractivity contribution in [3.05, 3.63) is 33.0 Å². The van der Waals surface area contributed by atoms with Crippen LogP contribution in [0.15, 0.2) is 17.7 Å². The van der Waals surface area contributed by atoms with E-state index in [0.717, 1.165) is 50.4 Å². The molecule has 4 heterocycles. The van der Waals surface area contributed by atoms with Gasteiger partial charge in [0.15, 0.2) is 0 Å². The highest BCUT2D eigenvalue weighted by atomic mass is 32.1. The number of ether oxygens (including phenoxy) is 2. The summed E-state index contributed by atoms with van der Waals surface area (Å²) in [5, 5.41) is 0. The van der Waals surface area contributed by atoms with Crippen molar-refractivity contribution in [3.8, 4) is 0 Å². The number of nitrogens with zero attached hydrogens (tertiary/aromatic N) is 2. The van der Waals surface area contributed by atoms with Gasteiger partial charge in [-0.2, -0.15) is 0 Å². The van der Waals surface area contributed by atoms with Crippen LogP contribution < -0.4 is 0 Å². The number of allylic oxidation sites excluding steroid dienone is 1.